The van der Waals surface area contributed by atoms with Gasteiger partial charge in [0.25, 0.3) is 5.91 Å². The largest absolute Gasteiger partial charge is 0.492 e. The molecule has 1 aliphatic rings. The number of nitrogens with one attached hydrogen (secondary N) is 1. The van der Waals surface area contributed by atoms with Crippen molar-refractivity contribution in [3.8, 4) is 5.75 Å². The predicted molar refractivity (Wildman–Crippen MR) is 156 cm³/mol. The van der Waals surface area contributed by atoms with Gasteiger partial charge in [-0.1, -0.05) is 36.2 Å². The molecule has 9 nitrogen and oxygen atoms in total. The van der Waals surface area contributed by atoms with Crippen LogP contribution in [0.15, 0.2) is 77.7 Å². The van der Waals surface area contributed by atoms with Crippen molar-refractivity contribution in [2.45, 2.75) is 30.7 Å². The number of anilines is 1. The van der Waals surface area contributed by atoms with E-state index in [0.29, 0.717) is 40.7 Å². The van der Waals surface area contributed by atoms with Gasteiger partial charge < -0.3 is 10.1 Å². The number of nitrogens with zero attached hydrogens (tertiary/aromatic N) is 2. The maximum atomic E-state index is 12.8. The number of halogens is 1. The fourth-order valence-corrected chi connectivity index (χ4v) is 6.94. The van der Waals surface area contributed by atoms with Crippen LogP contribution in [0.5, 0.6) is 5.75 Å². The van der Waals surface area contributed by atoms with E-state index >= 15 is 0 Å². The van der Waals surface area contributed by atoms with Gasteiger partial charge in [0.1, 0.15) is 12.4 Å². The minimum absolute atomic E-state index is 0.0903. The summed E-state index contributed by atoms with van der Waals surface area (Å²) in [5.74, 6) is 0.208. The molecule has 3 aromatic carbocycles. The van der Waals surface area contributed by atoms with Crippen molar-refractivity contribution in [2.24, 2.45) is 0 Å². The molecular formula is C28H32ClN3O6S2. The van der Waals surface area contributed by atoms with E-state index in [2.05, 4.69) is 5.32 Å². The highest BCUT2D eigenvalue weighted by atomic mass is 35.5. The summed E-state index contributed by atoms with van der Waals surface area (Å²) in [5.41, 5.74) is 1.58. The second-order valence-corrected chi connectivity index (χ2v) is 13.8. The van der Waals surface area contributed by atoms with Crippen LogP contribution in [-0.4, -0.2) is 59.5 Å². The van der Waals surface area contributed by atoms with E-state index in [1.165, 1.54) is 20.7 Å². The number of piperidine rings is 1. The molecular weight excluding hydrogens is 574 g/mol. The first-order chi connectivity index (χ1) is 19.0. The van der Waals surface area contributed by atoms with Gasteiger partial charge in [0.15, 0.2) is 0 Å². The fraction of sp³-hybridized carbons (Fsp3) is 0.321. The second-order valence-electron chi connectivity index (χ2n) is 9.49. The summed E-state index contributed by atoms with van der Waals surface area (Å²) in [6, 6.07) is 19.6. The molecule has 214 valence electrons. The Labute approximate surface area is 240 Å². The van der Waals surface area contributed by atoms with Crippen LogP contribution in [0.25, 0.3) is 0 Å². The van der Waals surface area contributed by atoms with E-state index in [9.17, 15) is 21.6 Å². The van der Waals surface area contributed by atoms with Crippen molar-refractivity contribution >= 4 is 43.2 Å². The van der Waals surface area contributed by atoms with Gasteiger partial charge in [0.2, 0.25) is 20.0 Å². The van der Waals surface area contributed by atoms with E-state index in [1.54, 1.807) is 60.7 Å². The molecule has 0 unspecified atom stereocenters. The summed E-state index contributed by atoms with van der Waals surface area (Å²) >= 11 is 6.04. The van der Waals surface area contributed by atoms with Crippen molar-refractivity contribution in [1.82, 2.24) is 9.62 Å². The average Bonchev–Trinajstić information content (AvgIpc) is 2.94. The lowest BCUT2D eigenvalue weighted by molar-refractivity contribution is 0.0947. The third-order valence-corrected chi connectivity index (χ3v) is 9.76. The molecule has 1 fully saturated rings. The molecule has 0 bridgehead atoms. The van der Waals surface area contributed by atoms with Crippen molar-refractivity contribution < 1.29 is 26.4 Å². The van der Waals surface area contributed by atoms with E-state index in [0.717, 1.165) is 25.5 Å². The number of carbonyl (C=O) groups is 1. The molecule has 0 aromatic heterocycles. The number of benzene rings is 3. The number of hydrogen-bond acceptors (Lipinski definition) is 6. The van der Waals surface area contributed by atoms with Crippen LogP contribution in [-0.2, 0) is 26.6 Å². The number of amides is 1. The molecule has 1 amide bonds. The SMILES string of the molecule is CS(=O)(=O)N(Cc1ccc(C(=O)NCCOc2ccc(S(=O)(=O)N3CCCCC3)cc2)cc1)c1cccc(Cl)c1. The minimum Gasteiger partial charge on any atom is -0.492 e. The Morgan fingerprint density at radius 1 is 0.950 bits per heavy atom. The number of hydrogen-bond donors (Lipinski definition) is 1. The van der Waals surface area contributed by atoms with Crippen LogP contribution < -0.4 is 14.4 Å². The standard InChI is InChI=1S/C28H32ClN3O6S2/c1-39(34,35)32(25-7-5-6-24(29)20-25)21-22-8-10-23(11-9-22)28(33)30-16-19-38-26-12-14-27(15-13-26)40(36,37)31-17-3-2-4-18-31/h5-15,20H,2-4,16-19,21H2,1H3,(H,30,33). The van der Waals surface area contributed by atoms with E-state index < -0.39 is 20.0 Å². The smallest absolute Gasteiger partial charge is 0.251 e. The molecule has 0 atom stereocenters. The predicted octanol–water partition coefficient (Wildman–Crippen LogP) is 4.29. The molecule has 4 rings (SSSR count). The minimum atomic E-state index is -3.56. The molecule has 1 saturated heterocycles. The molecule has 0 radical (unpaired) electrons. The van der Waals surface area contributed by atoms with E-state index in [4.69, 9.17) is 16.3 Å². The maximum Gasteiger partial charge on any atom is 0.251 e. The lowest BCUT2D eigenvalue weighted by Gasteiger charge is -2.25. The third kappa shape index (κ3) is 7.75. The summed E-state index contributed by atoms with van der Waals surface area (Å²) in [7, 11) is -7.06. The first kappa shape index (κ1) is 29.9. The van der Waals surface area contributed by atoms with Crippen LogP contribution in [0.1, 0.15) is 35.2 Å². The number of carbonyl (C=O) groups excluding carboxylic acids is 1. The molecule has 0 saturated carbocycles. The van der Waals surface area contributed by atoms with Crippen LogP contribution in [0, 0.1) is 0 Å². The molecule has 1 N–H and O–H groups in total. The van der Waals surface area contributed by atoms with Crippen LogP contribution in [0.2, 0.25) is 5.02 Å². The van der Waals surface area contributed by atoms with Crippen molar-refractivity contribution in [2.75, 3.05) is 36.8 Å². The summed E-state index contributed by atoms with van der Waals surface area (Å²) in [6.07, 6.45) is 3.93. The zero-order valence-electron chi connectivity index (χ0n) is 22.1. The third-order valence-electron chi connectivity index (χ3n) is 6.47. The Hall–Kier alpha value is -3.12. The van der Waals surface area contributed by atoms with Gasteiger partial charge in [-0.15, -0.1) is 0 Å². The number of ether oxygens (including phenoxy) is 1. The Bertz CT molecular complexity index is 1520. The number of sulfonamides is 2. The lowest BCUT2D eigenvalue weighted by Crippen LogP contribution is -2.35. The fourth-order valence-electron chi connectivity index (χ4n) is 4.36. The van der Waals surface area contributed by atoms with Gasteiger partial charge in [0.05, 0.1) is 29.9 Å². The van der Waals surface area contributed by atoms with Crippen molar-refractivity contribution in [1.29, 1.82) is 0 Å². The molecule has 0 aliphatic carbocycles. The molecule has 0 spiro atoms. The Balaban J connectivity index is 1.27. The van der Waals surface area contributed by atoms with Crippen molar-refractivity contribution in [3.63, 3.8) is 0 Å². The maximum absolute atomic E-state index is 12.8. The summed E-state index contributed by atoms with van der Waals surface area (Å²) in [5, 5.41) is 3.21. The highest BCUT2D eigenvalue weighted by molar-refractivity contribution is 7.92. The molecule has 3 aromatic rings. The second kappa shape index (κ2) is 13.0. The normalized spacial score (nSPS) is 14.4. The van der Waals surface area contributed by atoms with Gasteiger partial charge in [-0.25, -0.2) is 16.8 Å². The first-order valence-corrected chi connectivity index (χ1v) is 16.5. The molecule has 1 heterocycles. The lowest BCUT2D eigenvalue weighted by atomic mass is 10.1. The Kier molecular flexibility index (Phi) is 9.72. The summed E-state index contributed by atoms with van der Waals surface area (Å²) in [6.45, 7) is 1.62. The average molecular weight is 606 g/mol. The first-order valence-electron chi connectivity index (χ1n) is 12.9. The van der Waals surface area contributed by atoms with Crippen LogP contribution in [0.3, 0.4) is 0 Å². The summed E-state index contributed by atoms with van der Waals surface area (Å²) in [4.78, 5) is 12.8. The summed E-state index contributed by atoms with van der Waals surface area (Å²) < 4.78 is 58.7. The number of rotatable bonds is 11. The molecule has 1 aliphatic heterocycles. The van der Waals surface area contributed by atoms with Gasteiger partial charge >= 0.3 is 0 Å². The topological polar surface area (TPSA) is 113 Å². The Morgan fingerprint density at radius 2 is 1.62 bits per heavy atom. The monoisotopic (exact) mass is 605 g/mol. The van der Waals surface area contributed by atoms with E-state index in [1.807, 2.05) is 0 Å². The quantitative estimate of drug-likeness (QED) is 0.326. The van der Waals surface area contributed by atoms with Gasteiger partial charge in [-0.2, -0.15) is 4.31 Å². The zero-order valence-corrected chi connectivity index (χ0v) is 24.5. The zero-order chi connectivity index (χ0) is 28.8. The highest BCUT2D eigenvalue weighted by Crippen LogP contribution is 2.25. The van der Waals surface area contributed by atoms with Gasteiger partial charge in [0, 0.05) is 23.7 Å². The van der Waals surface area contributed by atoms with Crippen LogP contribution in [0.4, 0.5) is 5.69 Å². The molecule has 12 heteroatoms. The van der Waals surface area contributed by atoms with Crippen molar-refractivity contribution in [3.05, 3.63) is 88.9 Å². The Morgan fingerprint density at radius 3 is 2.25 bits per heavy atom. The molecule has 40 heavy (non-hydrogen) atoms. The van der Waals surface area contributed by atoms with E-state index in [-0.39, 0.29) is 30.5 Å². The van der Waals surface area contributed by atoms with Gasteiger partial charge in [-0.3, -0.25) is 9.10 Å². The van der Waals surface area contributed by atoms with Crippen LogP contribution >= 0.6 is 11.6 Å². The highest BCUT2D eigenvalue weighted by Gasteiger charge is 2.25. The van der Waals surface area contributed by atoms with Gasteiger partial charge in [-0.05, 0) is 73.0 Å².